The summed E-state index contributed by atoms with van der Waals surface area (Å²) in [5.74, 6) is -2.85. The van der Waals surface area contributed by atoms with Crippen LogP contribution in [0.1, 0.15) is 21.9 Å². The molecule has 3 heterocycles. The van der Waals surface area contributed by atoms with Crippen molar-refractivity contribution in [2.24, 2.45) is 20.0 Å². The topological polar surface area (TPSA) is 72.2 Å². The summed E-state index contributed by atoms with van der Waals surface area (Å²) in [4.78, 5) is 26.1. The predicted octanol–water partition coefficient (Wildman–Crippen LogP) is 1.43. The van der Waals surface area contributed by atoms with E-state index in [-0.39, 0.29) is 18.7 Å². The van der Waals surface area contributed by atoms with Crippen LogP contribution >= 0.6 is 0 Å². The number of halogens is 3. The van der Waals surface area contributed by atoms with Gasteiger partial charge in [-0.1, -0.05) is 0 Å². The second-order valence-corrected chi connectivity index (χ2v) is 7.10. The SMILES string of the molecule is Cc1ccc(C(=O)N[C@@H]2CN(C(=O)Cc3ccn(C)n3)C[C@H]2C(F)(F)F)n1C. The van der Waals surface area contributed by atoms with E-state index in [1.54, 1.807) is 50.0 Å². The Labute approximate surface area is 160 Å². The number of amides is 2. The van der Waals surface area contributed by atoms with Crippen LogP contribution in [0.3, 0.4) is 0 Å². The first-order chi connectivity index (χ1) is 13.1. The summed E-state index contributed by atoms with van der Waals surface area (Å²) in [6.45, 7) is 1.13. The van der Waals surface area contributed by atoms with Gasteiger partial charge in [-0.3, -0.25) is 14.3 Å². The number of hydrogen-bond acceptors (Lipinski definition) is 3. The Morgan fingerprint density at radius 3 is 2.46 bits per heavy atom. The van der Waals surface area contributed by atoms with E-state index in [0.717, 1.165) is 10.6 Å². The molecule has 2 amide bonds. The zero-order valence-electron chi connectivity index (χ0n) is 15.8. The maximum Gasteiger partial charge on any atom is 0.395 e. The third-order valence-electron chi connectivity index (χ3n) is 5.12. The lowest BCUT2D eigenvalue weighted by molar-refractivity contribution is -0.175. The monoisotopic (exact) mass is 397 g/mol. The van der Waals surface area contributed by atoms with Crippen LogP contribution < -0.4 is 5.32 Å². The smallest absolute Gasteiger partial charge is 0.346 e. The fourth-order valence-electron chi connectivity index (χ4n) is 3.39. The molecule has 2 atom stereocenters. The number of carbonyl (C=O) groups is 2. The van der Waals surface area contributed by atoms with Crippen LogP contribution in [0.4, 0.5) is 13.2 Å². The van der Waals surface area contributed by atoms with Gasteiger partial charge in [0.2, 0.25) is 5.91 Å². The Kier molecular flexibility index (Phi) is 5.22. The van der Waals surface area contributed by atoms with Crippen LogP contribution in [-0.4, -0.2) is 56.4 Å². The maximum absolute atomic E-state index is 13.5. The number of hydrogen-bond donors (Lipinski definition) is 1. The zero-order chi connectivity index (χ0) is 20.6. The Hall–Kier alpha value is -2.78. The first-order valence-electron chi connectivity index (χ1n) is 8.82. The molecule has 152 valence electrons. The quantitative estimate of drug-likeness (QED) is 0.849. The summed E-state index contributed by atoms with van der Waals surface area (Å²) in [6, 6.07) is 3.72. The van der Waals surface area contributed by atoms with E-state index in [2.05, 4.69) is 10.4 Å². The van der Waals surface area contributed by atoms with Crippen LogP contribution in [-0.2, 0) is 25.3 Å². The molecule has 0 unspecified atom stereocenters. The summed E-state index contributed by atoms with van der Waals surface area (Å²) in [7, 11) is 3.36. The summed E-state index contributed by atoms with van der Waals surface area (Å²) < 4.78 is 43.6. The van der Waals surface area contributed by atoms with E-state index in [4.69, 9.17) is 0 Å². The summed E-state index contributed by atoms with van der Waals surface area (Å²) in [5, 5.41) is 6.55. The predicted molar refractivity (Wildman–Crippen MR) is 94.4 cm³/mol. The van der Waals surface area contributed by atoms with Gasteiger partial charge < -0.3 is 14.8 Å². The average molecular weight is 397 g/mol. The minimum atomic E-state index is -4.53. The van der Waals surface area contributed by atoms with Crippen LogP contribution in [0.15, 0.2) is 24.4 Å². The van der Waals surface area contributed by atoms with Crippen molar-refractivity contribution >= 4 is 11.8 Å². The minimum absolute atomic E-state index is 0.0803. The van der Waals surface area contributed by atoms with Gasteiger partial charge in [-0.05, 0) is 25.1 Å². The number of nitrogens with zero attached hydrogens (tertiary/aromatic N) is 4. The Bertz CT molecular complexity index is 886. The van der Waals surface area contributed by atoms with Crippen molar-refractivity contribution in [3.63, 3.8) is 0 Å². The molecule has 0 aliphatic carbocycles. The lowest BCUT2D eigenvalue weighted by Crippen LogP contribution is -2.45. The number of aromatic nitrogens is 3. The number of aryl methyl sites for hydroxylation is 2. The highest BCUT2D eigenvalue weighted by molar-refractivity contribution is 5.93. The maximum atomic E-state index is 13.5. The number of carbonyl (C=O) groups excluding carboxylic acids is 2. The van der Waals surface area contributed by atoms with Crippen LogP contribution in [0, 0.1) is 12.8 Å². The van der Waals surface area contributed by atoms with Crippen molar-refractivity contribution in [1.29, 1.82) is 0 Å². The van der Waals surface area contributed by atoms with Crippen molar-refractivity contribution in [3.05, 3.63) is 41.5 Å². The van der Waals surface area contributed by atoms with Crippen LogP contribution in [0.25, 0.3) is 0 Å². The molecule has 2 aromatic heterocycles. The van der Waals surface area contributed by atoms with Gasteiger partial charge in [-0.15, -0.1) is 0 Å². The second kappa shape index (κ2) is 7.33. The molecule has 3 rings (SSSR count). The number of alkyl halides is 3. The third kappa shape index (κ3) is 4.05. The minimum Gasteiger partial charge on any atom is -0.346 e. The van der Waals surface area contributed by atoms with Gasteiger partial charge in [-0.2, -0.15) is 18.3 Å². The molecule has 1 aliphatic heterocycles. The van der Waals surface area contributed by atoms with Crippen LogP contribution in [0.5, 0.6) is 0 Å². The molecule has 0 radical (unpaired) electrons. The number of nitrogens with one attached hydrogen (secondary N) is 1. The van der Waals surface area contributed by atoms with E-state index in [1.165, 1.54) is 4.68 Å². The second-order valence-electron chi connectivity index (χ2n) is 7.10. The lowest BCUT2D eigenvalue weighted by Gasteiger charge is -2.22. The molecule has 1 saturated heterocycles. The molecule has 1 fully saturated rings. The standard InChI is InChI=1S/C18H22F3N5O2/c1-11-4-5-15(25(11)3)17(28)22-14-10-26(9-13(14)18(19,20)21)16(27)8-12-6-7-24(2)23-12/h4-7,13-14H,8-10H2,1-3H3,(H,22,28)/t13-,14-/m1/s1. The highest BCUT2D eigenvalue weighted by Gasteiger charge is 2.51. The molecular formula is C18H22F3N5O2. The largest absolute Gasteiger partial charge is 0.395 e. The van der Waals surface area contributed by atoms with E-state index >= 15 is 0 Å². The molecule has 0 bridgehead atoms. The molecule has 7 nitrogen and oxygen atoms in total. The molecule has 28 heavy (non-hydrogen) atoms. The van der Waals surface area contributed by atoms with E-state index < -0.39 is 36.5 Å². The van der Waals surface area contributed by atoms with Gasteiger partial charge >= 0.3 is 6.18 Å². The number of rotatable bonds is 4. The Balaban J connectivity index is 1.73. The fraction of sp³-hybridized carbons (Fsp3) is 0.500. The van der Waals surface area contributed by atoms with Gasteiger partial charge in [0.1, 0.15) is 5.69 Å². The highest BCUT2D eigenvalue weighted by Crippen LogP contribution is 2.34. The third-order valence-corrected chi connectivity index (χ3v) is 5.12. The van der Waals surface area contributed by atoms with Gasteiger partial charge in [-0.25, -0.2) is 0 Å². The average Bonchev–Trinajstić information content (AvgIpc) is 3.28. The van der Waals surface area contributed by atoms with Gasteiger partial charge in [0.15, 0.2) is 0 Å². The van der Waals surface area contributed by atoms with Gasteiger partial charge in [0.25, 0.3) is 5.91 Å². The first kappa shape index (κ1) is 20.0. The molecule has 1 N–H and O–H groups in total. The fourth-order valence-corrected chi connectivity index (χ4v) is 3.39. The lowest BCUT2D eigenvalue weighted by atomic mass is 10.0. The Morgan fingerprint density at radius 2 is 1.93 bits per heavy atom. The van der Waals surface area contributed by atoms with E-state index in [1.807, 2.05) is 0 Å². The molecule has 0 saturated carbocycles. The van der Waals surface area contributed by atoms with Gasteiger partial charge in [0.05, 0.1) is 24.1 Å². The number of likely N-dealkylation sites (tertiary alicyclic amines) is 1. The molecule has 0 spiro atoms. The van der Waals surface area contributed by atoms with Crippen molar-refractivity contribution in [3.8, 4) is 0 Å². The van der Waals surface area contributed by atoms with Crippen molar-refractivity contribution in [2.45, 2.75) is 25.6 Å². The van der Waals surface area contributed by atoms with Crippen molar-refractivity contribution in [2.75, 3.05) is 13.1 Å². The molecule has 0 aromatic carbocycles. The highest BCUT2D eigenvalue weighted by atomic mass is 19.4. The normalized spacial score (nSPS) is 19.9. The van der Waals surface area contributed by atoms with E-state index in [0.29, 0.717) is 5.69 Å². The molecule has 10 heteroatoms. The van der Waals surface area contributed by atoms with Gasteiger partial charge in [0, 0.05) is 39.1 Å². The summed E-state index contributed by atoms with van der Waals surface area (Å²) in [6.07, 6.45) is -2.94. The van der Waals surface area contributed by atoms with Crippen LogP contribution in [0.2, 0.25) is 0 Å². The van der Waals surface area contributed by atoms with E-state index in [9.17, 15) is 22.8 Å². The summed E-state index contributed by atoms with van der Waals surface area (Å²) in [5.41, 5.74) is 1.58. The molecule has 1 aliphatic rings. The first-order valence-corrected chi connectivity index (χ1v) is 8.82. The molecule has 2 aromatic rings. The summed E-state index contributed by atoms with van der Waals surface area (Å²) >= 11 is 0. The molecular weight excluding hydrogens is 375 g/mol. The van der Waals surface area contributed by atoms with Crippen molar-refractivity contribution in [1.82, 2.24) is 24.6 Å². The zero-order valence-corrected chi connectivity index (χ0v) is 15.8. The Morgan fingerprint density at radius 1 is 1.21 bits per heavy atom. The van der Waals surface area contributed by atoms with Crippen molar-refractivity contribution < 1.29 is 22.8 Å².